The molecule has 1 heterocycles. The summed E-state index contributed by atoms with van der Waals surface area (Å²) in [7, 11) is 0. The van der Waals surface area contributed by atoms with Gasteiger partial charge in [-0.15, -0.1) is 0 Å². The first kappa shape index (κ1) is 12.1. The van der Waals surface area contributed by atoms with Crippen LogP contribution >= 0.6 is 11.6 Å². The van der Waals surface area contributed by atoms with Crippen molar-refractivity contribution in [2.45, 2.75) is 13.5 Å². The molecule has 0 aliphatic carbocycles. The average Bonchev–Trinajstić information content (AvgIpc) is 2.80. The van der Waals surface area contributed by atoms with E-state index in [2.05, 4.69) is 22.5 Å². The molecule has 0 saturated heterocycles. The van der Waals surface area contributed by atoms with E-state index in [0.29, 0.717) is 10.7 Å². The molecule has 0 atom stereocenters. The zero-order valence-corrected chi connectivity index (χ0v) is 11.4. The lowest BCUT2D eigenvalue weighted by atomic mass is 10.2. The topological polar surface area (TPSA) is 43.8 Å². The number of aryl methyl sites for hydroxylation is 1. The Bertz CT molecular complexity index is 746. The number of nitrogen functional groups attached to an aromatic ring is 1. The number of nitrogens with two attached hydrogens (primary N) is 1. The highest BCUT2D eigenvalue weighted by molar-refractivity contribution is 6.33. The smallest absolute Gasteiger partial charge is 0.141 e. The third kappa shape index (κ3) is 1.96. The van der Waals surface area contributed by atoms with Crippen molar-refractivity contribution in [3.63, 3.8) is 0 Å². The summed E-state index contributed by atoms with van der Waals surface area (Å²) in [5.41, 5.74) is 9.56. The SMILES string of the molecule is CCn1c(-c2ccc(Cl)c(N)c2)nc2ccccc21. The molecule has 0 saturated carbocycles. The quantitative estimate of drug-likeness (QED) is 0.717. The number of fused-ring (bicyclic) bond motifs is 1. The molecule has 0 amide bonds. The molecule has 0 bridgehead atoms. The second-order valence-corrected chi connectivity index (χ2v) is 4.81. The van der Waals surface area contributed by atoms with E-state index in [1.54, 1.807) is 0 Å². The number of halogens is 1. The maximum atomic E-state index is 5.97. The van der Waals surface area contributed by atoms with Gasteiger partial charge in [-0.1, -0.05) is 23.7 Å². The van der Waals surface area contributed by atoms with Crippen molar-refractivity contribution in [1.82, 2.24) is 9.55 Å². The first-order chi connectivity index (χ1) is 9.20. The second-order valence-electron chi connectivity index (χ2n) is 4.40. The van der Waals surface area contributed by atoms with Crippen molar-refractivity contribution < 1.29 is 0 Å². The molecule has 1 aromatic heterocycles. The fourth-order valence-electron chi connectivity index (χ4n) is 2.30. The van der Waals surface area contributed by atoms with E-state index in [1.165, 1.54) is 0 Å². The first-order valence-corrected chi connectivity index (χ1v) is 6.59. The Morgan fingerprint density at radius 2 is 2.00 bits per heavy atom. The number of rotatable bonds is 2. The van der Waals surface area contributed by atoms with Gasteiger partial charge in [0.25, 0.3) is 0 Å². The van der Waals surface area contributed by atoms with E-state index >= 15 is 0 Å². The molecule has 96 valence electrons. The van der Waals surface area contributed by atoms with Crippen molar-refractivity contribution in [3.8, 4) is 11.4 Å². The van der Waals surface area contributed by atoms with Gasteiger partial charge in [0.2, 0.25) is 0 Å². The summed E-state index contributed by atoms with van der Waals surface area (Å²) < 4.78 is 2.18. The van der Waals surface area contributed by atoms with Gasteiger partial charge in [0.1, 0.15) is 5.82 Å². The van der Waals surface area contributed by atoms with Crippen LogP contribution in [0, 0.1) is 0 Å². The Morgan fingerprint density at radius 3 is 2.74 bits per heavy atom. The molecule has 19 heavy (non-hydrogen) atoms. The minimum absolute atomic E-state index is 0.572. The van der Waals surface area contributed by atoms with Gasteiger partial charge in [-0.3, -0.25) is 0 Å². The van der Waals surface area contributed by atoms with Crippen molar-refractivity contribution in [1.29, 1.82) is 0 Å². The maximum absolute atomic E-state index is 5.97. The predicted molar refractivity (Wildman–Crippen MR) is 80.3 cm³/mol. The van der Waals surface area contributed by atoms with E-state index in [1.807, 2.05) is 36.4 Å². The Hall–Kier alpha value is -2.00. The Labute approximate surface area is 116 Å². The van der Waals surface area contributed by atoms with Crippen LogP contribution in [0.25, 0.3) is 22.4 Å². The fourth-order valence-corrected chi connectivity index (χ4v) is 2.42. The van der Waals surface area contributed by atoms with Crippen LogP contribution < -0.4 is 5.73 Å². The van der Waals surface area contributed by atoms with Gasteiger partial charge in [-0.05, 0) is 37.3 Å². The van der Waals surface area contributed by atoms with Crippen molar-refractivity contribution in [3.05, 3.63) is 47.5 Å². The third-order valence-electron chi connectivity index (χ3n) is 3.22. The number of anilines is 1. The van der Waals surface area contributed by atoms with E-state index in [4.69, 9.17) is 17.3 Å². The minimum Gasteiger partial charge on any atom is -0.398 e. The molecule has 0 aliphatic heterocycles. The number of benzene rings is 2. The van der Waals surface area contributed by atoms with Crippen LogP contribution in [0.15, 0.2) is 42.5 Å². The monoisotopic (exact) mass is 271 g/mol. The number of hydrogen-bond acceptors (Lipinski definition) is 2. The zero-order valence-electron chi connectivity index (χ0n) is 10.6. The van der Waals surface area contributed by atoms with Crippen molar-refractivity contribution >= 4 is 28.3 Å². The van der Waals surface area contributed by atoms with E-state index in [9.17, 15) is 0 Å². The van der Waals surface area contributed by atoms with Gasteiger partial charge in [0, 0.05) is 12.1 Å². The number of hydrogen-bond donors (Lipinski definition) is 1. The molecular weight excluding hydrogens is 258 g/mol. The number of imidazole rings is 1. The first-order valence-electron chi connectivity index (χ1n) is 6.21. The Balaban J connectivity index is 2.26. The number of aromatic nitrogens is 2. The van der Waals surface area contributed by atoms with Crippen LogP contribution in [0.2, 0.25) is 5.02 Å². The second kappa shape index (κ2) is 4.59. The van der Waals surface area contributed by atoms with E-state index < -0.39 is 0 Å². The fraction of sp³-hybridized carbons (Fsp3) is 0.133. The molecule has 3 rings (SSSR count). The summed E-state index contributed by atoms with van der Waals surface area (Å²) in [6.07, 6.45) is 0. The highest BCUT2D eigenvalue weighted by atomic mass is 35.5. The van der Waals surface area contributed by atoms with Crippen LogP contribution in [0.1, 0.15) is 6.92 Å². The maximum Gasteiger partial charge on any atom is 0.141 e. The summed E-state index contributed by atoms with van der Waals surface area (Å²) in [6, 6.07) is 13.7. The summed E-state index contributed by atoms with van der Waals surface area (Å²) >= 11 is 5.97. The third-order valence-corrected chi connectivity index (χ3v) is 3.57. The lowest BCUT2D eigenvalue weighted by molar-refractivity contribution is 0.796. The molecule has 0 fully saturated rings. The van der Waals surface area contributed by atoms with Crippen molar-refractivity contribution in [2.75, 3.05) is 5.73 Å². The molecule has 3 nitrogen and oxygen atoms in total. The molecule has 0 unspecified atom stereocenters. The van der Waals surface area contributed by atoms with Crippen LogP contribution in [0.4, 0.5) is 5.69 Å². The van der Waals surface area contributed by atoms with Crippen molar-refractivity contribution in [2.24, 2.45) is 0 Å². The van der Waals surface area contributed by atoms with Crippen LogP contribution in [0.3, 0.4) is 0 Å². The molecule has 4 heteroatoms. The van der Waals surface area contributed by atoms with Gasteiger partial charge in [-0.25, -0.2) is 4.98 Å². The highest BCUT2D eigenvalue weighted by Crippen LogP contribution is 2.28. The predicted octanol–water partition coefficient (Wildman–Crippen LogP) is 3.96. The average molecular weight is 272 g/mol. The summed E-state index contributed by atoms with van der Waals surface area (Å²) in [4.78, 5) is 4.69. The van der Waals surface area contributed by atoms with Gasteiger partial charge < -0.3 is 10.3 Å². The van der Waals surface area contributed by atoms with E-state index in [-0.39, 0.29) is 0 Å². The van der Waals surface area contributed by atoms with Crippen LogP contribution in [-0.2, 0) is 6.54 Å². The molecule has 2 aromatic carbocycles. The van der Waals surface area contributed by atoms with Crippen LogP contribution in [-0.4, -0.2) is 9.55 Å². The van der Waals surface area contributed by atoms with E-state index in [0.717, 1.165) is 29.0 Å². The Morgan fingerprint density at radius 1 is 1.21 bits per heavy atom. The number of para-hydroxylation sites is 2. The molecule has 0 radical (unpaired) electrons. The zero-order chi connectivity index (χ0) is 13.4. The normalized spacial score (nSPS) is 11.1. The minimum atomic E-state index is 0.572. The van der Waals surface area contributed by atoms with Crippen LogP contribution in [0.5, 0.6) is 0 Å². The highest BCUT2D eigenvalue weighted by Gasteiger charge is 2.11. The molecule has 3 aromatic rings. The molecule has 0 spiro atoms. The lowest BCUT2D eigenvalue weighted by Gasteiger charge is -2.07. The molecule has 0 aliphatic rings. The van der Waals surface area contributed by atoms with Gasteiger partial charge in [0.05, 0.1) is 21.7 Å². The van der Waals surface area contributed by atoms with Gasteiger partial charge in [-0.2, -0.15) is 0 Å². The lowest BCUT2D eigenvalue weighted by Crippen LogP contribution is -1.98. The Kier molecular flexibility index (Phi) is 2.91. The van der Waals surface area contributed by atoms with Gasteiger partial charge >= 0.3 is 0 Å². The largest absolute Gasteiger partial charge is 0.398 e. The number of nitrogens with zero attached hydrogens (tertiary/aromatic N) is 2. The molecular formula is C15H14ClN3. The summed E-state index contributed by atoms with van der Waals surface area (Å²) in [5.74, 6) is 0.923. The van der Waals surface area contributed by atoms with Gasteiger partial charge in [0.15, 0.2) is 0 Å². The molecule has 2 N–H and O–H groups in total. The standard InChI is InChI=1S/C15H14ClN3/c1-2-19-14-6-4-3-5-13(14)18-15(19)10-7-8-11(16)12(17)9-10/h3-9H,2,17H2,1H3. The summed E-state index contributed by atoms with van der Waals surface area (Å²) in [5, 5.41) is 0.572. The summed E-state index contributed by atoms with van der Waals surface area (Å²) in [6.45, 7) is 2.97.